The first kappa shape index (κ1) is 12.8. The van der Waals surface area contributed by atoms with Crippen LogP contribution in [0.4, 0.5) is 10.6 Å². The number of aromatic hydroxyl groups is 1. The highest BCUT2D eigenvalue weighted by Crippen LogP contribution is 2.20. The minimum atomic E-state index is -0.613. The quantitative estimate of drug-likeness (QED) is 0.780. The maximum Gasteiger partial charge on any atom is 0.413 e. The summed E-state index contributed by atoms with van der Waals surface area (Å²) in [5.41, 5.74) is -0.571. The molecular weight excluding hydrogens is 276 g/mol. The molecule has 1 amide bonds. The first-order valence-electron chi connectivity index (χ1n) is 4.63. The summed E-state index contributed by atoms with van der Waals surface area (Å²) < 4.78 is 5.46. The fourth-order valence-corrected chi connectivity index (χ4v) is 1.38. The monoisotopic (exact) mass is 288 g/mol. The Labute approximate surface area is 102 Å². The SMILES string of the molecule is CC(C)(C)OC(=O)Nc1cc(O)cc(Br)n1. The average Bonchev–Trinajstić information content (AvgIpc) is 1.96. The number of amides is 1. The number of hydrogen-bond donors (Lipinski definition) is 2. The van der Waals surface area contributed by atoms with E-state index >= 15 is 0 Å². The summed E-state index contributed by atoms with van der Waals surface area (Å²) in [5, 5.41) is 11.7. The third kappa shape index (κ3) is 4.48. The van der Waals surface area contributed by atoms with Crippen LogP contribution in [0.5, 0.6) is 5.75 Å². The molecule has 1 aromatic rings. The standard InChI is InChI=1S/C10H13BrN2O3/c1-10(2,3)16-9(15)13-8-5-6(14)4-7(11)12-8/h4-5H,1-3H3,(H2,12,13,14,15). The topological polar surface area (TPSA) is 71.5 Å². The first-order chi connectivity index (χ1) is 7.26. The molecule has 6 heteroatoms. The molecule has 0 atom stereocenters. The van der Waals surface area contributed by atoms with Crippen molar-refractivity contribution in [3.8, 4) is 5.75 Å². The lowest BCUT2D eigenvalue weighted by Gasteiger charge is -2.19. The van der Waals surface area contributed by atoms with Gasteiger partial charge in [0.1, 0.15) is 21.8 Å². The van der Waals surface area contributed by atoms with E-state index in [1.165, 1.54) is 12.1 Å². The lowest BCUT2D eigenvalue weighted by molar-refractivity contribution is 0.0635. The third-order valence-electron chi connectivity index (χ3n) is 1.41. The molecule has 0 fully saturated rings. The highest BCUT2D eigenvalue weighted by molar-refractivity contribution is 9.10. The molecule has 0 spiro atoms. The highest BCUT2D eigenvalue weighted by atomic mass is 79.9. The number of aromatic nitrogens is 1. The molecule has 1 heterocycles. The summed E-state index contributed by atoms with van der Waals surface area (Å²) >= 11 is 3.10. The maximum atomic E-state index is 11.4. The van der Waals surface area contributed by atoms with Gasteiger partial charge in [0.15, 0.2) is 0 Å². The molecule has 1 rings (SSSR count). The Kier molecular flexibility index (Phi) is 3.74. The molecule has 88 valence electrons. The predicted octanol–water partition coefficient (Wildman–Crippen LogP) is 2.90. The minimum Gasteiger partial charge on any atom is -0.508 e. The Morgan fingerprint density at radius 3 is 2.62 bits per heavy atom. The molecule has 0 bridgehead atoms. The van der Waals surface area contributed by atoms with E-state index in [1.54, 1.807) is 20.8 Å². The zero-order valence-corrected chi connectivity index (χ0v) is 10.8. The predicted molar refractivity (Wildman–Crippen MR) is 63.5 cm³/mol. The second-order valence-electron chi connectivity index (χ2n) is 4.16. The van der Waals surface area contributed by atoms with Gasteiger partial charge in [-0.05, 0) is 36.7 Å². The summed E-state index contributed by atoms with van der Waals surface area (Å²) in [5.74, 6) is 0.231. The number of ether oxygens (including phenoxy) is 1. The van der Waals surface area contributed by atoms with Crippen molar-refractivity contribution < 1.29 is 14.6 Å². The Bertz CT molecular complexity index is 381. The second-order valence-corrected chi connectivity index (χ2v) is 4.97. The smallest absolute Gasteiger partial charge is 0.413 e. The molecule has 0 saturated carbocycles. The molecular formula is C10H13BrN2O3. The van der Waals surface area contributed by atoms with E-state index < -0.39 is 11.7 Å². The Hall–Kier alpha value is -1.30. The van der Waals surface area contributed by atoms with Crippen molar-refractivity contribution in [3.63, 3.8) is 0 Å². The Morgan fingerprint density at radius 1 is 1.50 bits per heavy atom. The second kappa shape index (κ2) is 4.69. The van der Waals surface area contributed by atoms with E-state index in [1.807, 2.05) is 0 Å². The molecule has 2 N–H and O–H groups in total. The largest absolute Gasteiger partial charge is 0.508 e. The fraction of sp³-hybridized carbons (Fsp3) is 0.400. The van der Waals surface area contributed by atoms with Crippen LogP contribution in [0, 0.1) is 0 Å². The number of nitrogens with zero attached hydrogens (tertiary/aromatic N) is 1. The molecule has 5 nitrogen and oxygen atoms in total. The van der Waals surface area contributed by atoms with E-state index in [4.69, 9.17) is 4.74 Å². The van der Waals surface area contributed by atoms with Crippen LogP contribution in [0.2, 0.25) is 0 Å². The van der Waals surface area contributed by atoms with Crippen LogP contribution in [-0.4, -0.2) is 21.8 Å². The molecule has 0 aliphatic rings. The van der Waals surface area contributed by atoms with Gasteiger partial charge >= 0.3 is 6.09 Å². The number of anilines is 1. The maximum absolute atomic E-state index is 11.4. The van der Waals surface area contributed by atoms with Crippen LogP contribution in [0.3, 0.4) is 0 Å². The Morgan fingerprint density at radius 2 is 2.12 bits per heavy atom. The lowest BCUT2D eigenvalue weighted by atomic mass is 10.2. The van der Waals surface area contributed by atoms with Crippen molar-refractivity contribution in [2.24, 2.45) is 0 Å². The van der Waals surface area contributed by atoms with Gasteiger partial charge in [0.2, 0.25) is 0 Å². The van der Waals surface area contributed by atoms with Gasteiger partial charge < -0.3 is 9.84 Å². The molecule has 0 radical (unpaired) electrons. The molecule has 0 aliphatic carbocycles. The number of rotatable bonds is 1. The number of pyridine rings is 1. The van der Waals surface area contributed by atoms with Gasteiger partial charge in [-0.15, -0.1) is 0 Å². The van der Waals surface area contributed by atoms with Crippen molar-refractivity contribution in [2.45, 2.75) is 26.4 Å². The van der Waals surface area contributed by atoms with Crippen LogP contribution < -0.4 is 5.32 Å². The molecule has 1 aromatic heterocycles. The van der Waals surface area contributed by atoms with E-state index in [0.717, 1.165) is 0 Å². The zero-order valence-electron chi connectivity index (χ0n) is 9.24. The van der Waals surface area contributed by atoms with Gasteiger partial charge in [0.05, 0.1) is 0 Å². The van der Waals surface area contributed by atoms with Crippen molar-refractivity contribution >= 4 is 27.8 Å². The van der Waals surface area contributed by atoms with Crippen LogP contribution in [-0.2, 0) is 4.74 Å². The summed E-state index contributed by atoms with van der Waals surface area (Å²) in [6.07, 6.45) is -0.613. The van der Waals surface area contributed by atoms with E-state index in [2.05, 4.69) is 26.2 Å². The van der Waals surface area contributed by atoms with Gasteiger partial charge in [0.25, 0.3) is 0 Å². The van der Waals surface area contributed by atoms with Gasteiger partial charge in [-0.25, -0.2) is 9.78 Å². The van der Waals surface area contributed by atoms with Crippen LogP contribution in [0.15, 0.2) is 16.7 Å². The van der Waals surface area contributed by atoms with Crippen LogP contribution >= 0.6 is 15.9 Å². The van der Waals surface area contributed by atoms with E-state index in [0.29, 0.717) is 4.60 Å². The molecule has 0 saturated heterocycles. The number of hydrogen-bond acceptors (Lipinski definition) is 4. The van der Waals surface area contributed by atoms with Gasteiger partial charge in [-0.3, -0.25) is 5.32 Å². The average molecular weight is 289 g/mol. The fourth-order valence-electron chi connectivity index (χ4n) is 0.956. The first-order valence-corrected chi connectivity index (χ1v) is 5.42. The highest BCUT2D eigenvalue weighted by Gasteiger charge is 2.16. The van der Waals surface area contributed by atoms with Gasteiger partial charge in [-0.2, -0.15) is 0 Å². The van der Waals surface area contributed by atoms with Gasteiger partial charge in [0, 0.05) is 12.1 Å². The van der Waals surface area contributed by atoms with Crippen molar-refractivity contribution in [3.05, 3.63) is 16.7 Å². The molecule has 0 aliphatic heterocycles. The summed E-state index contributed by atoms with van der Waals surface area (Å²) in [6.45, 7) is 5.29. The third-order valence-corrected chi connectivity index (χ3v) is 1.81. The summed E-state index contributed by atoms with van der Waals surface area (Å²) in [7, 11) is 0. The number of carbonyl (C=O) groups is 1. The van der Waals surface area contributed by atoms with Crippen LogP contribution in [0.1, 0.15) is 20.8 Å². The molecule has 16 heavy (non-hydrogen) atoms. The zero-order chi connectivity index (χ0) is 12.3. The summed E-state index contributed by atoms with van der Waals surface area (Å²) in [6, 6.07) is 2.74. The number of carbonyl (C=O) groups excluding carboxylic acids is 1. The van der Waals surface area contributed by atoms with Crippen molar-refractivity contribution in [1.82, 2.24) is 4.98 Å². The van der Waals surface area contributed by atoms with Crippen molar-refractivity contribution in [2.75, 3.05) is 5.32 Å². The summed E-state index contributed by atoms with van der Waals surface area (Å²) in [4.78, 5) is 15.3. The lowest BCUT2D eigenvalue weighted by Crippen LogP contribution is -2.27. The number of nitrogens with one attached hydrogen (secondary N) is 1. The minimum absolute atomic E-state index is 0.00735. The normalized spacial score (nSPS) is 11.0. The van der Waals surface area contributed by atoms with Gasteiger partial charge in [-0.1, -0.05) is 0 Å². The molecule has 0 aromatic carbocycles. The number of halogens is 1. The van der Waals surface area contributed by atoms with E-state index in [-0.39, 0.29) is 11.6 Å². The molecule has 0 unspecified atom stereocenters. The van der Waals surface area contributed by atoms with E-state index in [9.17, 15) is 9.90 Å². The van der Waals surface area contributed by atoms with Crippen LogP contribution in [0.25, 0.3) is 0 Å². The Balaban J connectivity index is 2.70. The van der Waals surface area contributed by atoms with Crippen molar-refractivity contribution in [1.29, 1.82) is 0 Å².